The predicted octanol–water partition coefficient (Wildman–Crippen LogP) is 3.05. The molecule has 118 valence electrons. The zero-order valence-electron chi connectivity index (χ0n) is 12.2. The van der Waals surface area contributed by atoms with Gasteiger partial charge in [-0.25, -0.2) is 4.39 Å². The molecule has 0 bridgehead atoms. The molecule has 1 atom stereocenters. The third-order valence-electron chi connectivity index (χ3n) is 3.74. The van der Waals surface area contributed by atoms with Crippen molar-refractivity contribution in [2.75, 3.05) is 13.1 Å². The molecule has 6 heteroatoms. The average Bonchev–Trinajstić information content (AvgIpc) is 2.89. The van der Waals surface area contributed by atoms with Crippen molar-refractivity contribution in [1.29, 1.82) is 0 Å². The lowest BCUT2D eigenvalue weighted by atomic mass is 9.84. The first-order valence-corrected chi connectivity index (χ1v) is 7.24. The third-order valence-corrected chi connectivity index (χ3v) is 4.05. The summed E-state index contributed by atoms with van der Waals surface area (Å²) in [6.45, 7) is 5.32. The van der Waals surface area contributed by atoms with Crippen LogP contribution in [-0.4, -0.2) is 25.0 Å². The first kappa shape index (κ1) is 18.2. The van der Waals surface area contributed by atoms with Crippen molar-refractivity contribution in [2.24, 2.45) is 0 Å². The van der Waals surface area contributed by atoms with Crippen LogP contribution < -0.4 is 10.6 Å². The monoisotopic (exact) mass is 334 g/mol. The number of amides is 1. The van der Waals surface area contributed by atoms with Crippen LogP contribution in [0.5, 0.6) is 0 Å². The molecule has 0 aromatic heterocycles. The van der Waals surface area contributed by atoms with Crippen LogP contribution in [0.15, 0.2) is 18.2 Å². The summed E-state index contributed by atoms with van der Waals surface area (Å²) in [5.41, 5.74) is 0.485. The first-order valence-electron chi connectivity index (χ1n) is 6.87. The maximum atomic E-state index is 13.1. The Morgan fingerprint density at radius 3 is 2.81 bits per heavy atom. The van der Waals surface area contributed by atoms with Gasteiger partial charge in [0, 0.05) is 17.0 Å². The van der Waals surface area contributed by atoms with Gasteiger partial charge in [-0.05, 0) is 37.1 Å². The minimum Gasteiger partial charge on any atom is -0.354 e. The molecule has 21 heavy (non-hydrogen) atoms. The van der Waals surface area contributed by atoms with Crippen LogP contribution in [-0.2, 0) is 10.2 Å². The van der Waals surface area contributed by atoms with Crippen LogP contribution in [0.4, 0.5) is 4.39 Å². The maximum absolute atomic E-state index is 13.1. The SMILES string of the molecule is CC(C)(CNC(=O)C1CCCN1)c1ccc(F)cc1Cl.Cl. The number of nitrogens with one attached hydrogen (secondary N) is 2. The highest BCUT2D eigenvalue weighted by Gasteiger charge is 2.27. The van der Waals surface area contributed by atoms with Crippen molar-refractivity contribution in [2.45, 2.75) is 38.1 Å². The second-order valence-electron chi connectivity index (χ2n) is 5.87. The summed E-state index contributed by atoms with van der Waals surface area (Å²) < 4.78 is 13.1. The molecule has 1 amide bonds. The van der Waals surface area contributed by atoms with Gasteiger partial charge in [0.15, 0.2) is 0 Å². The predicted molar refractivity (Wildman–Crippen MR) is 85.7 cm³/mol. The van der Waals surface area contributed by atoms with E-state index in [0.29, 0.717) is 11.6 Å². The number of hydrogen-bond acceptors (Lipinski definition) is 2. The van der Waals surface area contributed by atoms with Crippen LogP contribution in [0.3, 0.4) is 0 Å². The molecular formula is C15H21Cl2FN2O. The van der Waals surface area contributed by atoms with Crippen LogP contribution in [0.1, 0.15) is 32.3 Å². The molecule has 2 rings (SSSR count). The number of hydrogen-bond donors (Lipinski definition) is 2. The molecule has 1 aromatic carbocycles. The Bertz CT molecular complexity index is 502. The van der Waals surface area contributed by atoms with Gasteiger partial charge >= 0.3 is 0 Å². The lowest BCUT2D eigenvalue weighted by Crippen LogP contribution is -2.45. The van der Waals surface area contributed by atoms with Crippen molar-refractivity contribution >= 4 is 29.9 Å². The zero-order chi connectivity index (χ0) is 14.8. The van der Waals surface area contributed by atoms with E-state index in [1.165, 1.54) is 12.1 Å². The molecule has 0 aliphatic carbocycles. The molecule has 1 aromatic rings. The van der Waals surface area contributed by atoms with E-state index in [1.54, 1.807) is 6.07 Å². The summed E-state index contributed by atoms with van der Waals surface area (Å²) >= 11 is 6.09. The van der Waals surface area contributed by atoms with Gasteiger partial charge in [0.25, 0.3) is 0 Å². The number of benzene rings is 1. The van der Waals surface area contributed by atoms with Gasteiger partial charge in [0.2, 0.25) is 5.91 Å². The number of rotatable bonds is 4. The zero-order valence-corrected chi connectivity index (χ0v) is 13.8. The first-order chi connectivity index (χ1) is 9.40. The molecule has 1 saturated heterocycles. The third kappa shape index (κ3) is 4.56. The lowest BCUT2D eigenvalue weighted by molar-refractivity contribution is -0.123. The molecule has 0 spiro atoms. The fourth-order valence-electron chi connectivity index (χ4n) is 2.47. The Hall–Kier alpha value is -0.840. The van der Waals surface area contributed by atoms with Crippen LogP contribution in [0, 0.1) is 5.82 Å². The Morgan fingerprint density at radius 2 is 2.24 bits per heavy atom. The Balaban J connectivity index is 0.00000220. The second kappa shape index (κ2) is 7.43. The van der Waals surface area contributed by atoms with Crippen LogP contribution in [0.2, 0.25) is 5.02 Å². The quantitative estimate of drug-likeness (QED) is 0.888. The molecule has 1 fully saturated rings. The average molecular weight is 335 g/mol. The van der Waals surface area contributed by atoms with Crippen LogP contribution in [0.25, 0.3) is 0 Å². The summed E-state index contributed by atoms with van der Waals surface area (Å²) in [6, 6.07) is 4.29. The Morgan fingerprint density at radius 1 is 1.52 bits per heavy atom. The molecule has 0 saturated carbocycles. The van der Waals surface area contributed by atoms with Gasteiger partial charge in [0.1, 0.15) is 5.82 Å². The molecule has 3 nitrogen and oxygen atoms in total. The van der Waals surface area contributed by atoms with E-state index in [4.69, 9.17) is 11.6 Å². The minimum atomic E-state index is -0.353. The van der Waals surface area contributed by atoms with Crippen molar-refractivity contribution in [3.05, 3.63) is 34.6 Å². The Kier molecular flexibility index (Phi) is 6.44. The topological polar surface area (TPSA) is 41.1 Å². The van der Waals surface area contributed by atoms with Gasteiger partial charge in [0.05, 0.1) is 6.04 Å². The number of carbonyl (C=O) groups excluding carboxylic acids is 1. The minimum absolute atomic E-state index is 0. The number of halogens is 3. The van der Waals surface area contributed by atoms with Crippen molar-refractivity contribution in [3.8, 4) is 0 Å². The highest BCUT2D eigenvalue weighted by molar-refractivity contribution is 6.31. The van der Waals surface area contributed by atoms with Gasteiger partial charge in [-0.15, -0.1) is 12.4 Å². The van der Waals surface area contributed by atoms with Crippen molar-refractivity contribution < 1.29 is 9.18 Å². The highest BCUT2D eigenvalue weighted by Crippen LogP contribution is 2.30. The highest BCUT2D eigenvalue weighted by atomic mass is 35.5. The van der Waals surface area contributed by atoms with E-state index in [9.17, 15) is 9.18 Å². The van der Waals surface area contributed by atoms with Gasteiger partial charge in [-0.2, -0.15) is 0 Å². The number of carbonyl (C=O) groups is 1. The van der Waals surface area contributed by atoms with Crippen LogP contribution >= 0.6 is 24.0 Å². The van der Waals surface area contributed by atoms with E-state index >= 15 is 0 Å². The van der Waals surface area contributed by atoms with E-state index in [2.05, 4.69) is 10.6 Å². The van der Waals surface area contributed by atoms with Gasteiger partial charge < -0.3 is 10.6 Å². The molecule has 2 N–H and O–H groups in total. The summed E-state index contributed by atoms with van der Waals surface area (Å²) in [6.07, 6.45) is 1.91. The molecule has 1 aliphatic heterocycles. The summed E-state index contributed by atoms with van der Waals surface area (Å²) in [7, 11) is 0. The van der Waals surface area contributed by atoms with Gasteiger partial charge in [-0.3, -0.25) is 4.79 Å². The fourth-order valence-corrected chi connectivity index (χ4v) is 2.90. The molecular weight excluding hydrogens is 314 g/mol. The van der Waals surface area contributed by atoms with E-state index < -0.39 is 0 Å². The maximum Gasteiger partial charge on any atom is 0.237 e. The lowest BCUT2D eigenvalue weighted by Gasteiger charge is -2.27. The fraction of sp³-hybridized carbons (Fsp3) is 0.533. The van der Waals surface area contributed by atoms with Gasteiger partial charge in [-0.1, -0.05) is 31.5 Å². The Labute approximate surface area is 136 Å². The van der Waals surface area contributed by atoms with E-state index in [1.807, 2.05) is 13.8 Å². The van der Waals surface area contributed by atoms with E-state index in [-0.39, 0.29) is 35.6 Å². The summed E-state index contributed by atoms with van der Waals surface area (Å²) in [5.74, 6) is -0.331. The second-order valence-corrected chi connectivity index (χ2v) is 6.28. The molecule has 1 unspecified atom stereocenters. The standard InChI is InChI=1S/C15H20ClFN2O.ClH/c1-15(2,11-6-5-10(17)8-12(11)16)9-19-14(20)13-4-3-7-18-13;/h5-6,8,13,18H,3-4,7,9H2,1-2H3,(H,19,20);1H. The van der Waals surface area contributed by atoms with Crippen molar-refractivity contribution in [3.63, 3.8) is 0 Å². The molecule has 1 aliphatic rings. The van der Waals surface area contributed by atoms with Crippen molar-refractivity contribution in [1.82, 2.24) is 10.6 Å². The summed E-state index contributed by atoms with van der Waals surface area (Å²) in [4.78, 5) is 12.0. The summed E-state index contributed by atoms with van der Waals surface area (Å²) in [5, 5.41) is 6.51. The van der Waals surface area contributed by atoms with E-state index in [0.717, 1.165) is 24.9 Å². The normalized spacial score (nSPS) is 18.2. The smallest absolute Gasteiger partial charge is 0.237 e. The molecule has 1 heterocycles. The largest absolute Gasteiger partial charge is 0.354 e. The molecule has 0 radical (unpaired) electrons.